The molecule has 1 rings (SSSR count). The SMILES string of the molecule is [3H]N1CN([3H])CN([3H])C1. The maximum Gasteiger partial charge on any atom is 0.125 e. The lowest BCUT2D eigenvalue weighted by atomic mass is 10.8. The quantitative estimate of drug-likeness (QED) is 0.346. The molecule has 3 N–H and O–H groups in total. The molecule has 3 nitrogen and oxygen atoms in total. The first-order valence-electron chi connectivity index (χ1n) is 3.24. The van der Waals surface area contributed by atoms with Crippen molar-refractivity contribution in [2.45, 2.75) is 0 Å². The van der Waals surface area contributed by atoms with Gasteiger partial charge in [-0.15, -0.1) is 0 Å². The first kappa shape index (κ1) is 1.78. The molecule has 1 aliphatic heterocycles. The lowest BCUT2D eigenvalue weighted by molar-refractivity contribution is 0.443. The minimum Gasteiger partial charge on any atom is -0.292 e. The van der Waals surface area contributed by atoms with Crippen LogP contribution in [-0.2, 0) is 0 Å². The molecule has 0 unspecified atom stereocenters. The number of hydrogen-bond donors (Lipinski definition) is 3. The summed E-state index contributed by atoms with van der Waals surface area (Å²) in [6, 6.07) is 0. The average Bonchev–Trinajstić information content (AvgIpc) is 1.59. The van der Waals surface area contributed by atoms with Crippen LogP contribution in [0.2, 0.25) is 4.24 Å². The Kier molecular flexibility index (Phi) is 0.629. The lowest BCUT2D eigenvalue weighted by Crippen LogP contribution is -2.47. The molecule has 0 atom stereocenters. The van der Waals surface area contributed by atoms with E-state index in [1.54, 1.807) is 0 Å². The summed E-state index contributed by atoms with van der Waals surface area (Å²) in [6.45, 7) is 0.903. The molecule has 0 saturated carbocycles. The molecule has 36 valence electrons. The minimum absolute atomic E-state index is 0.301. The van der Waals surface area contributed by atoms with E-state index >= 15 is 0 Å². The molecule has 0 bridgehead atoms. The normalized spacial score (nSPS) is 41.0. The molecule has 0 aromatic carbocycles. The number of nitrogens with one attached hydrogen (secondary N) is 3. The third kappa shape index (κ3) is 0.931. The van der Waals surface area contributed by atoms with Gasteiger partial charge < -0.3 is 0 Å². The van der Waals surface area contributed by atoms with Gasteiger partial charge in [0.2, 0.25) is 0 Å². The summed E-state index contributed by atoms with van der Waals surface area (Å²) >= 11 is 0. The van der Waals surface area contributed by atoms with Gasteiger partial charge in [-0.3, -0.25) is 15.9 Å². The van der Waals surface area contributed by atoms with Gasteiger partial charge in [-0.05, 0) is 0 Å². The second kappa shape index (κ2) is 2.12. The maximum atomic E-state index is 7.04. The molecule has 0 aromatic heterocycles. The Labute approximate surface area is 41.5 Å². The molecular weight excluding hydrogens is 78.1 g/mol. The van der Waals surface area contributed by atoms with Crippen molar-refractivity contribution in [2.75, 3.05) is 20.0 Å². The molecule has 3 heteroatoms. The zero-order chi connectivity index (χ0) is 6.85. The first-order valence-corrected chi connectivity index (χ1v) is 1.90. The fourth-order valence-corrected chi connectivity index (χ4v) is 0.346. The molecule has 0 amide bonds. The van der Waals surface area contributed by atoms with Crippen LogP contribution in [0.1, 0.15) is 0 Å². The Morgan fingerprint density at radius 1 is 1.00 bits per heavy atom. The standard InChI is InChI=1S/C3H9N3/c1-4-2-6-3-5-1/h4-6H,1-3H2/i/hT3. The topological polar surface area (TPSA) is 36.1 Å². The van der Waals surface area contributed by atoms with E-state index in [0.29, 0.717) is 20.0 Å². The molecule has 1 saturated heterocycles. The largest absolute Gasteiger partial charge is 0.292 e. The van der Waals surface area contributed by atoms with Gasteiger partial charge in [0.05, 0.1) is 0 Å². The van der Waals surface area contributed by atoms with Crippen molar-refractivity contribution in [1.82, 2.24) is 15.9 Å². The zero-order valence-corrected chi connectivity index (χ0v) is 3.46. The Bertz CT molecular complexity index is 75.3. The highest BCUT2D eigenvalue weighted by Crippen LogP contribution is 1.56. The predicted octanol–water partition coefficient (Wildman–Crippen LogP) is -1.36. The van der Waals surface area contributed by atoms with Crippen molar-refractivity contribution in [2.24, 2.45) is 0 Å². The predicted molar refractivity (Wildman–Crippen MR) is 24.0 cm³/mol. The van der Waals surface area contributed by atoms with E-state index in [1.165, 1.54) is 0 Å². The van der Waals surface area contributed by atoms with Crippen LogP contribution >= 0.6 is 0 Å². The van der Waals surface area contributed by atoms with Crippen molar-refractivity contribution in [3.63, 3.8) is 0 Å². The fraction of sp³-hybridized carbons (Fsp3) is 1.00. The molecular formula is C3H9N3. The van der Waals surface area contributed by atoms with E-state index in [-0.39, 0.29) is 0 Å². The van der Waals surface area contributed by atoms with Crippen LogP contribution in [0.15, 0.2) is 0 Å². The van der Waals surface area contributed by atoms with Crippen molar-refractivity contribution in [1.29, 1.82) is 0 Å². The smallest absolute Gasteiger partial charge is 0.125 e. The third-order valence-corrected chi connectivity index (χ3v) is 0.600. The first-order chi connectivity index (χ1) is 4.18. The third-order valence-electron chi connectivity index (χ3n) is 0.600. The summed E-state index contributed by atoms with van der Waals surface area (Å²) in [7, 11) is 0. The van der Waals surface area contributed by atoms with Crippen molar-refractivity contribution >= 4 is 0 Å². The van der Waals surface area contributed by atoms with Crippen LogP contribution in [0.4, 0.5) is 0 Å². The van der Waals surface area contributed by atoms with Crippen LogP contribution in [0.25, 0.3) is 0 Å². The molecule has 0 aromatic rings. The van der Waals surface area contributed by atoms with Gasteiger partial charge in [-0.25, -0.2) is 0 Å². The van der Waals surface area contributed by atoms with E-state index < -0.39 is 0 Å². The number of hydrogen-bond acceptors (Lipinski definition) is 3. The van der Waals surface area contributed by atoms with Crippen molar-refractivity contribution in [3.8, 4) is 0 Å². The fourth-order valence-electron chi connectivity index (χ4n) is 0.346. The minimum atomic E-state index is 0.301. The van der Waals surface area contributed by atoms with Gasteiger partial charge in [-0.1, -0.05) is 0 Å². The molecule has 6 heavy (non-hydrogen) atoms. The molecule has 1 aliphatic rings. The van der Waals surface area contributed by atoms with Gasteiger partial charge in [0.25, 0.3) is 0 Å². The molecule has 0 spiro atoms. The van der Waals surface area contributed by atoms with E-state index in [2.05, 4.69) is 0 Å². The van der Waals surface area contributed by atoms with Gasteiger partial charge in [0, 0.05) is 20.0 Å². The van der Waals surface area contributed by atoms with E-state index in [4.69, 9.17) is 4.24 Å². The van der Waals surface area contributed by atoms with Crippen molar-refractivity contribution < 1.29 is 4.24 Å². The Morgan fingerprint density at radius 3 is 1.67 bits per heavy atom. The number of rotatable bonds is 0. The molecule has 1 heterocycles. The second-order valence-electron chi connectivity index (χ2n) is 1.10. The lowest BCUT2D eigenvalue weighted by Gasteiger charge is -2.13. The van der Waals surface area contributed by atoms with Crippen LogP contribution in [0.5, 0.6) is 0 Å². The highest BCUT2D eigenvalue weighted by atomic mass is 15.2. The molecule has 0 aliphatic carbocycles. The average molecular weight is 93.2 g/mol. The Hall–Kier alpha value is -0.120. The Balaban J connectivity index is 2.34. The van der Waals surface area contributed by atoms with E-state index in [1.807, 2.05) is 0 Å². The molecule has 1 fully saturated rings. The van der Waals surface area contributed by atoms with Crippen LogP contribution in [0, 0.1) is 0 Å². The zero-order valence-electron chi connectivity index (χ0n) is 6.46. The van der Waals surface area contributed by atoms with Gasteiger partial charge >= 0.3 is 0 Å². The van der Waals surface area contributed by atoms with Crippen LogP contribution < -0.4 is 15.9 Å². The summed E-state index contributed by atoms with van der Waals surface area (Å²) in [5.41, 5.74) is 0. The second-order valence-corrected chi connectivity index (χ2v) is 1.10. The Morgan fingerprint density at radius 2 is 1.33 bits per heavy atom. The summed E-state index contributed by atoms with van der Waals surface area (Å²) in [6.07, 6.45) is 0. The van der Waals surface area contributed by atoms with Gasteiger partial charge in [-0.2, -0.15) is 0 Å². The van der Waals surface area contributed by atoms with Crippen molar-refractivity contribution in [3.05, 3.63) is 0 Å². The van der Waals surface area contributed by atoms with E-state index in [9.17, 15) is 0 Å². The van der Waals surface area contributed by atoms with E-state index in [0.717, 1.165) is 15.9 Å². The summed E-state index contributed by atoms with van der Waals surface area (Å²) in [4.78, 5) is 0. The maximum absolute atomic E-state index is 7.04. The highest BCUT2D eigenvalue weighted by Gasteiger charge is 1.89. The summed E-state index contributed by atoms with van der Waals surface area (Å²) in [5.74, 6) is 0. The molecule has 0 radical (unpaired) electrons. The van der Waals surface area contributed by atoms with Crippen LogP contribution in [-0.4, -0.2) is 20.0 Å². The summed E-state index contributed by atoms with van der Waals surface area (Å²) < 4.78 is 21.1. The summed E-state index contributed by atoms with van der Waals surface area (Å²) in [5, 5.41) is 3.47. The van der Waals surface area contributed by atoms with Gasteiger partial charge in [0.15, 0.2) is 0 Å². The van der Waals surface area contributed by atoms with Crippen LogP contribution in [0.3, 0.4) is 0 Å². The van der Waals surface area contributed by atoms with Gasteiger partial charge in [0.1, 0.15) is 4.24 Å². The highest BCUT2D eigenvalue weighted by molar-refractivity contribution is 4.49. The monoisotopic (exact) mass is 93.1 g/mol.